The molecule has 2 rings (SSSR count). The Hall–Kier alpha value is -1.19. The van der Waals surface area contributed by atoms with Gasteiger partial charge in [0.25, 0.3) is 0 Å². The van der Waals surface area contributed by atoms with E-state index in [9.17, 15) is 8.42 Å². The Labute approximate surface area is 142 Å². The highest BCUT2D eigenvalue weighted by atomic mass is 127. The predicted molar refractivity (Wildman–Crippen MR) is 97.7 cm³/mol. The molecule has 0 atom stereocenters. The maximum absolute atomic E-state index is 12.2. The van der Waals surface area contributed by atoms with E-state index in [4.69, 9.17) is 18.0 Å². The monoisotopic (exact) mass is 432 g/mol. The van der Waals surface area contributed by atoms with Crippen LogP contribution in [0, 0.1) is 3.57 Å². The molecule has 0 aromatic heterocycles. The van der Waals surface area contributed by atoms with Crippen molar-refractivity contribution in [1.82, 2.24) is 0 Å². The maximum atomic E-state index is 12.2. The molecule has 0 saturated heterocycles. The molecule has 0 radical (unpaired) electrons. The minimum atomic E-state index is -3.46. The lowest BCUT2D eigenvalue weighted by Crippen LogP contribution is -2.16. The third kappa shape index (κ3) is 4.65. The number of benzene rings is 2. The molecule has 21 heavy (non-hydrogen) atoms. The van der Waals surface area contributed by atoms with Crippen LogP contribution >= 0.6 is 34.8 Å². The summed E-state index contributed by atoms with van der Waals surface area (Å²) >= 11 is 6.95. The number of halogens is 1. The van der Waals surface area contributed by atoms with Crippen LogP contribution in [-0.4, -0.2) is 13.4 Å². The van der Waals surface area contributed by atoms with E-state index in [-0.39, 0.29) is 5.75 Å². The van der Waals surface area contributed by atoms with E-state index >= 15 is 0 Å². The van der Waals surface area contributed by atoms with Crippen molar-refractivity contribution in [2.75, 3.05) is 4.72 Å². The average molecular weight is 432 g/mol. The summed E-state index contributed by atoms with van der Waals surface area (Å²) < 4.78 is 27.8. The number of hydrogen-bond donors (Lipinski definition) is 2. The summed E-state index contributed by atoms with van der Waals surface area (Å²) in [6.07, 6.45) is 0. The van der Waals surface area contributed by atoms with Crippen LogP contribution in [0.5, 0.6) is 0 Å². The second-order valence-corrected chi connectivity index (χ2v) is 7.73. The van der Waals surface area contributed by atoms with Gasteiger partial charge < -0.3 is 5.73 Å². The SMILES string of the molecule is NC(=S)c1ccc(CS(=O)(=O)Nc2ccccc2I)cc1. The molecular formula is C14H13IN2O2S2. The standard InChI is InChI=1S/C14H13IN2O2S2/c15-12-3-1-2-4-13(12)17-21(18,19)9-10-5-7-11(8-6-10)14(16)20/h1-8,17H,9H2,(H2,16,20). The first-order valence-corrected chi connectivity index (χ1v) is 9.15. The Bertz CT molecular complexity index is 759. The number of anilines is 1. The quantitative estimate of drug-likeness (QED) is 0.563. The van der Waals surface area contributed by atoms with Crippen LogP contribution in [0.2, 0.25) is 0 Å². The lowest BCUT2D eigenvalue weighted by Gasteiger charge is -2.10. The second kappa shape index (κ2) is 6.71. The van der Waals surface area contributed by atoms with E-state index in [2.05, 4.69) is 27.3 Å². The fourth-order valence-electron chi connectivity index (χ4n) is 1.73. The van der Waals surface area contributed by atoms with Gasteiger partial charge in [-0.2, -0.15) is 0 Å². The highest BCUT2D eigenvalue weighted by molar-refractivity contribution is 14.1. The Balaban J connectivity index is 2.14. The number of hydrogen-bond acceptors (Lipinski definition) is 3. The van der Waals surface area contributed by atoms with Gasteiger partial charge in [-0.25, -0.2) is 8.42 Å². The van der Waals surface area contributed by atoms with E-state index in [1.807, 2.05) is 12.1 Å². The summed E-state index contributed by atoms with van der Waals surface area (Å²) in [6, 6.07) is 14.1. The van der Waals surface area contributed by atoms with Crippen molar-refractivity contribution in [2.45, 2.75) is 5.75 Å². The van der Waals surface area contributed by atoms with Crippen LogP contribution in [0.4, 0.5) is 5.69 Å². The molecule has 0 saturated carbocycles. The van der Waals surface area contributed by atoms with Gasteiger partial charge in [0.1, 0.15) is 4.99 Å². The number of rotatable bonds is 5. The van der Waals surface area contributed by atoms with Crippen molar-refractivity contribution in [3.8, 4) is 0 Å². The first-order chi connectivity index (χ1) is 9.87. The lowest BCUT2D eigenvalue weighted by molar-refractivity contribution is 0.600. The van der Waals surface area contributed by atoms with Crippen LogP contribution in [0.3, 0.4) is 0 Å². The molecule has 2 aromatic carbocycles. The van der Waals surface area contributed by atoms with Crippen molar-refractivity contribution < 1.29 is 8.42 Å². The zero-order valence-electron chi connectivity index (χ0n) is 10.9. The smallest absolute Gasteiger partial charge is 0.236 e. The predicted octanol–water partition coefficient (Wildman–Crippen LogP) is 2.87. The first kappa shape index (κ1) is 16.2. The van der Waals surface area contributed by atoms with E-state index in [0.717, 1.165) is 9.13 Å². The van der Waals surface area contributed by atoms with Gasteiger partial charge in [-0.1, -0.05) is 48.6 Å². The Morgan fingerprint density at radius 3 is 2.33 bits per heavy atom. The summed E-state index contributed by atoms with van der Waals surface area (Å²) in [5.41, 5.74) is 7.48. The topological polar surface area (TPSA) is 72.2 Å². The number of thiocarbonyl (C=S) groups is 1. The molecule has 3 N–H and O–H groups in total. The normalized spacial score (nSPS) is 11.1. The summed E-state index contributed by atoms with van der Waals surface area (Å²) in [7, 11) is -3.46. The second-order valence-electron chi connectivity index (χ2n) is 4.40. The van der Waals surface area contributed by atoms with Crippen molar-refractivity contribution in [3.05, 3.63) is 63.2 Å². The molecule has 0 bridgehead atoms. The molecule has 0 fully saturated rings. The fourth-order valence-corrected chi connectivity index (χ4v) is 3.79. The molecule has 2 aromatic rings. The van der Waals surface area contributed by atoms with Crippen molar-refractivity contribution >= 4 is 55.5 Å². The molecule has 0 aliphatic carbocycles. The van der Waals surface area contributed by atoms with Gasteiger partial charge in [-0.15, -0.1) is 0 Å². The van der Waals surface area contributed by atoms with Crippen molar-refractivity contribution in [2.24, 2.45) is 5.73 Å². The zero-order chi connectivity index (χ0) is 15.5. The largest absolute Gasteiger partial charge is 0.389 e. The summed E-state index contributed by atoms with van der Waals surface area (Å²) in [6.45, 7) is 0. The summed E-state index contributed by atoms with van der Waals surface area (Å²) in [5, 5.41) is 0. The Kier molecular flexibility index (Phi) is 5.17. The van der Waals surface area contributed by atoms with E-state index in [1.165, 1.54) is 0 Å². The summed E-state index contributed by atoms with van der Waals surface area (Å²) in [5.74, 6) is -0.102. The molecule has 0 amide bonds. The molecule has 0 unspecified atom stereocenters. The number of nitrogens with two attached hydrogens (primary N) is 1. The van der Waals surface area contributed by atoms with Gasteiger partial charge in [0, 0.05) is 9.13 Å². The van der Waals surface area contributed by atoms with Gasteiger partial charge in [-0.3, -0.25) is 4.72 Å². The Morgan fingerprint density at radius 2 is 1.76 bits per heavy atom. The first-order valence-electron chi connectivity index (χ1n) is 6.01. The van der Waals surface area contributed by atoms with E-state index in [1.54, 1.807) is 36.4 Å². The van der Waals surface area contributed by atoms with Gasteiger partial charge in [0.15, 0.2) is 0 Å². The third-order valence-electron chi connectivity index (χ3n) is 2.73. The highest BCUT2D eigenvalue weighted by Gasteiger charge is 2.13. The summed E-state index contributed by atoms with van der Waals surface area (Å²) in [4.78, 5) is 0.293. The third-order valence-corrected chi connectivity index (χ3v) is 5.16. The van der Waals surface area contributed by atoms with E-state index in [0.29, 0.717) is 16.2 Å². The molecular weight excluding hydrogens is 419 g/mol. The highest BCUT2D eigenvalue weighted by Crippen LogP contribution is 2.19. The number of nitrogens with one attached hydrogen (secondary N) is 1. The van der Waals surface area contributed by atoms with Crippen LogP contribution in [0.25, 0.3) is 0 Å². The van der Waals surface area contributed by atoms with Gasteiger partial charge in [0.05, 0.1) is 11.4 Å². The zero-order valence-corrected chi connectivity index (χ0v) is 14.7. The fraction of sp³-hybridized carbons (Fsp3) is 0.0714. The van der Waals surface area contributed by atoms with Crippen molar-refractivity contribution in [1.29, 1.82) is 0 Å². The molecule has 4 nitrogen and oxygen atoms in total. The molecule has 0 aliphatic rings. The molecule has 0 aliphatic heterocycles. The van der Waals surface area contributed by atoms with Crippen LogP contribution in [-0.2, 0) is 15.8 Å². The number of para-hydroxylation sites is 1. The van der Waals surface area contributed by atoms with Gasteiger partial charge >= 0.3 is 0 Å². The van der Waals surface area contributed by atoms with Crippen LogP contribution < -0.4 is 10.5 Å². The molecule has 0 heterocycles. The van der Waals surface area contributed by atoms with Crippen molar-refractivity contribution in [3.63, 3.8) is 0 Å². The minimum absolute atomic E-state index is 0.102. The minimum Gasteiger partial charge on any atom is -0.389 e. The molecule has 7 heteroatoms. The Morgan fingerprint density at radius 1 is 1.14 bits per heavy atom. The molecule has 0 spiro atoms. The van der Waals surface area contributed by atoms with Gasteiger partial charge in [-0.05, 0) is 40.3 Å². The van der Waals surface area contributed by atoms with E-state index < -0.39 is 10.0 Å². The lowest BCUT2D eigenvalue weighted by atomic mass is 10.1. The average Bonchev–Trinajstić information content (AvgIpc) is 2.41. The van der Waals surface area contributed by atoms with Crippen LogP contribution in [0.15, 0.2) is 48.5 Å². The molecule has 110 valence electrons. The maximum Gasteiger partial charge on any atom is 0.236 e. The van der Waals surface area contributed by atoms with Crippen LogP contribution in [0.1, 0.15) is 11.1 Å². The van der Waals surface area contributed by atoms with Gasteiger partial charge in [0.2, 0.25) is 10.0 Å². The number of sulfonamides is 1.